The summed E-state index contributed by atoms with van der Waals surface area (Å²) in [5.41, 5.74) is 2.71. The van der Waals surface area contributed by atoms with Crippen LogP contribution < -0.4 is 10.1 Å². The average Bonchev–Trinajstić information content (AvgIpc) is 2.80. The van der Waals surface area contributed by atoms with Gasteiger partial charge in [-0.25, -0.2) is 9.37 Å². The molecule has 0 bridgehead atoms. The number of hydrogen-bond donors (Lipinski definition) is 1. The number of carbonyl (C=O) groups is 2. The van der Waals surface area contributed by atoms with Crippen molar-refractivity contribution in [3.8, 4) is 17.7 Å². The van der Waals surface area contributed by atoms with Gasteiger partial charge in [-0.1, -0.05) is 35.6 Å². The van der Waals surface area contributed by atoms with Crippen molar-refractivity contribution >= 4 is 35.1 Å². The molecule has 7 heteroatoms. The molecule has 2 heterocycles. The van der Waals surface area contributed by atoms with Crippen LogP contribution >= 0.6 is 11.6 Å². The van der Waals surface area contributed by atoms with Crippen molar-refractivity contribution in [2.24, 2.45) is 0 Å². The lowest BCUT2D eigenvalue weighted by Gasteiger charge is -2.18. The monoisotopic (exact) mass is 446 g/mol. The van der Waals surface area contributed by atoms with E-state index < -0.39 is 17.5 Å². The standard InChI is InChI=1S/C25H16ClFN2O3/c1-32-23-10-7-16(14-28-23)4-2-3-15-6-9-22-18(11-15)24(30)19(25(31)29-22)12-17-5-8-21(27)20(26)13-17/h5-14H,4H2,1H3,(H,29,31). The fourth-order valence-electron chi connectivity index (χ4n) is 3.14. The molecule has 32 heavy (non-hydrogen) atoms. The topological polar surface area (TPSA) is 68.3 Å². The number of hydrogen-bond acceptors (Lipinski definition) is 4. The third-order valence-electron chi connectivity index (χ3n) is 4.79. The van der Waals surface area contributed by atoms with Crippen LogP contribution in [0, 0.1) is 17.7 Å². The van der Waals surface area contributed by atoms with Gasteiger partial charge in [0.1, 0.15) is 5.82 Å². The van der Waals surface area contributed by atoms with Gasteiger partial charge in [0.2, 0.25) is 11.7 Å². The zero-order chi connectivity index (χ0) is 22.7. The number of benzene rings is 2. The molecule has 1 aliphatic heterocycles. The number of halogens is 2. The van der Waals surface area contributed by atoms with E-state index in [1.165, 1.54) is 24.3 Å². The van der Waals surface area contributed by atoms with Gasteiger partial charge >= 0.3 is 0 Å². The number of amides is 1. The van der Waals surface area contributed by atoms with E-state index in [9.17, 15) is 14.0 Å². The highest BCUT2D eigenvalue weighted by molar-refractivity contribution is 6.36. The molecule has 1 aromatic heterocycles. The molecule has 0 fully saturated rings. The minimum absolute atomic E-state index is 0.0606. The third kappa shape index (κ3) is 4.53. The Labute approximate surface area is 188 Å². The maximum atomic E-state index is 13.4. The number of fused-ring (bicyclic) bond motifs is 1. The highest BCUT2D eigenvalue weighted by Crippen LogP contribution is 2.28. The number of rotatable bonds is 3. The van der Waals surface area contributed by atoms with Crippen LogP contribution in [-0.4, -0.2) is 23.8 Å². The molecule has 0 spiro atoms. The van der Waals surface area contributed by atoms with Gasteiger partial charge in [0.15, 0.2) is 0 Å². The number of ether oxygens (including phenoxy) is 1. The minimum Gasteiger partial charge on any atom is -0.481 e. The lowest BCUT2D eigenvalue weighted by molar-refractivity contribution is -0.112. The molecule has 2 aromatic carbocycles. The average molecular weight is 447 g/mol. The summed E-state index contributed by atoms with van der Waals surface area (Å²) < 4.78 is 18.4. The van der Waals surface area contributed by atoms with Crippen LogP contribution in [0.2, 0.25) is 5.02 Å². The van der Waals surface area contributed by atoms with Crippen LogP contribution in [0.3, 0.4) is 0 Å². The Morgan fingerprint density at radius 1 is 1.16 bits per heavy atom. The van der Waals surface area contributed by atoms with Gasteiger partial charge in [0.25, 0.3) is 5.91 Å². The predicted octanol–water partition coefficient (Wildman–Crippen LogP) is 4.70. The van der Waals surface area contributed by atoms with Crippen molar-refractivity contribution in [1.29, 1.82) is 0 Å². The van der Waals surface area contributed by atoms with Crippen molar-refractivity contribution in [3.05, 3.63) is 93.4 Å². The van der Waals surface area contributed by atoms with Gasteiger partial charge in [-0.2, -0.15) is 0 Å². The number of Topliss-reactive ketones (excluding diaryl/α,β-unsaturated/α-hetero) is 1. The summed E-state index contributed by atoms with van der Waals surface area (Å²) in [6, 6.07) is 12.7. The Bertz CT molecular complexity index is 1320. The van der Waals surface area contributed by atoms with Gasteiger partial charge in [0, 0.05) is 29.8 Å². The molecule has 158 valence electrons. The molecule has 0 saturated heterocycles. The molecule has 0 atom stereocenters. The molecule has 0 aliphatic carbocycles. The molecule has 0 radical (unpaired) electrons. The van der Waals surface area contributed by atoms with Crippen molar-refractivity contribution in [2.45, 2.75) is 6.42 Å². The maximum Gasteiger partial charge on any atom is 0.259 e. The largest absolute Gasteiger partial charge is 0.481 e. The number of carbonyl (C=O) groups excluding carboxylic acids is 2. The fourth-order valence-corrected chi connectivity index (χ4v) is 3.33. The lowest BCUT2D eigenvalue weighted by Crippen LogP contribution is -2.27. The summed E-state index contributed by atoms with van der Waals surface area (Å²) in [5.74, 6) is 5.07. The molecule has 0 unspecified atom stereocenters. The summed E-state index contributed by atoms with van der Waals surface area (Å²) in [6.45, 7) is 0. The zero-order valence-corrected chi connectivity index (χ0v) is 17.7. The minimum atomic E-state index is -0.577. The molecule has 1 aliphatic rings. The first-order valence-electron chi connectivity index (χ1n) is 9.59. The smallest absolute Gasteiger partial charge is 0.259 e. The molecule has 1 N–H and O–H groups in total. The summed E-state index contributed by atoms with van der Waals surface area (Å²) in [4.78, 5) is 29.6. The van der Waals surface area contributed by atoms with E-state index in [4.69, 9.17) is 16.3 Å². The van der Waals surface area contributed by atoms with Gasteiger partial charge in [-0.3, -0.25) is 9.59 Å². The second kappa shape index (κ2) is 9.04. The van der Waals surface area contributed by atoms with E-state index in [1.807, 2.05) is 6.07 Å². The number of ketones is 1. The number of nitrogens with one attached hydrogen (secondary N) is 1. The highest BCUT2D eigenvalue weighted by atomic mass is 35.5. The number of aromatic nitrogens is 1. The maximum absolute atomic E-state index is 13.4. The summed E-state index contributed by atoms with van der Waals surface area (Å²) >= 11 is 5.80. The normalized spacial score (nSPS) is 13.8. The Morgan fingerprint density at radius 3 is 2.72 bits per heavy atom. The molecule has 1 amide bonds. The quantitative estimate of drug-likeness (QED) is 0.360. The van der Waals surface area contributed by atoms with Crippen molar-refractivity contribution < 1.29 is 18.7 Å². The SMILES string of the molecule is COc1ccc(CC#Cc2ccc3c(c2)C(=O)C(=Cc2ccc(F)c(Cl)c2)C(=O)N3)cn1. The fraction of sp³-hybridized carbons (Fsp3) is 0.0800. The second-order valence-electron chi connectivity index (χ2n) is 6.96. The molecule has 3 aromatic rings. The summed E-state index contributed by atoms with van der Waals surface area (Å²) in [6.07, 6.45) is 3.56. The van der Waals surface area contributed by atoms with E-state index in [-0.39, 0.29) is 10.6 Å². The Kier molecular flexibility index (Phi) is 6.02. The van der Waals surface area contributed by atoms with E-state index in [0.29, 0.717) is 34.7 Å². The van der Waals surface area contributed by atoms with Crippen LogP contribution in [0.1, 0.15) is 27.0 Å². The molecule has 4 rings (SSSR count). The molecule has 5 nitrogen and oxygen atoms in total. The van der Waals surface area contributed by atoms with Crippen LogP contribution in [0.15, 0.2) is 60.3 Å². The highest BCUT2D eigenvalue weighted by Gasteiger charge is 2.28. The second-order valence-corrected chi connectivity index (χ2v) is 7.37. The van der Waals surface area contributed by atoms with Gasteiger partial charge < -0.3 is 10.1 Å². The zero-order valence-electron chi connectivity index (χ0n) is 16.9. The number of nitrogens with zero attached hydrogens (tertiary/aromatic N) is 1. The van der Waals surface area contributed by atoms with E-state index in [1.54, 1.807) is 37.6 Å². The van der Waals surface area contributed by atoms with E-state index in [0.717, 1.165) is 5.56 Å². The Morgan fingerprint density at radius 2 is 2.00 bits per heavy atom. The van der Waals surface area contributed by atoms with Crippen LogP contribution in [0.25, 0.3) is 6.08 Å². The molecular formula is C25H16ClFN2O3. The van der Waals surface area contributed by atoms with Gasteiger partial charge in [-0.05, 0) is 47.5 Å². The lowest BCUT2D eigenvalue weighted by atomic mass is 9.93. The van der Waals surface area contributed by atoms with E-state index in [2.05, 4.69) is 22.1 Å². The Balaban J connectivity index is 1.58. The van der Waals surface area contributed by atoms with Crippen LogP contribution in [-0.2, 0) is 11.2 Å². The van der Waals surface area contributed by atoms with Crippen molar-refractivity contribution in [3.63, 3.8) is 0 Å². The molecular weight excluding hydrogens is 431 g/mol. The van der Waals surface area contributed by atoms with Gasteiger partial charge in [-0.15, -0.1) is 0 Å². The number of pyridine rings is 1. The van der Waals surface area contributed by atoms with Crippen LogP contribution in [0.5, 0.6) is 5.88 Å². The van der Waals surface area contributed by atoms with Crippen molar-refractivity contribution in [2.75, 3.05) is 12.4 Å². The summed E-state index contributed by atoms with van der Waals surface area (Å²) in [5, 5.41) is 2.61. The number of anilines is 1. The molecule has 0 saturated carbocycles. The summed E-state index contributed by atoms with van der Waals surface area (Å²) in [7, 11) is 1.55. The van der Waals surface area contributed by atoms with E-state index >= 15 is 0 Å². The van der Waals surface area contributed by atoms with Gasteiger partial charge in [0.05, 0.1) is 23.4 Å². The number of methoxy groups -OCH3 is 1. The predicted molar refractivity (Wildman–Crippen MR) is 120 cm³/mol. The van der Waals surface area contributed by atoms with Crippen LogP contribution in [0.4, 0.5) is 10.1 Å². The first-order chi connectivity index (χ1) is 15.4. The first kappa shape index (κ1) is 21.3. The third-order valence-corrected chi connectivity index (χ3v) is 5.08. The van der Waals surface area contributed by atoms with Crippen molar-refractivity contribution in [1.82, 2.24) is 4.98 Å². The first-order valence-corrected chi connectivity index (χ1v) is 9.97. The Hall–Kier alpha value is -3.95.